The highest BCUT2D eigenvalue weighted by atomic mass is 16.5. The molecule has 0 unspecified atom stereocenters. The second-order valence-corrected chi connectivity index (χ2v) is 13.1. The first kappa shape index (κ1) is 34.7. The third kappa shape index (κ3) is 8.03. The number of hydrogen-bond acceptors (Lipinski definition) is 8. The summed E-state index contributed by atoms with van der Waals surface area (Å²) in [5.74, 6) is 0.481. The molecule has 2 aromatic carbocycles. The van der Waals surface area contributed by atoms with Gasteiger partial charge in [0.1, 0.15) is 36.3 Å². The predicted molar refractivity (Wildman–Crippen MR) is 166 cm³/mol. The highest BCUT2D eigenvalue weighted by Crippen LogP contribution is 2.40. The summed E-state index contributed by atoms with van der Waals surface area (Å²) in [6, 6.07) is 9.96. The summed E-state index contributed by atoms with van der Waals surface area (Å²) in [6.07, 6.45) is -2.03. The number of aliphatic hydroxyl groups is 5. The SMILES string of the molecule is COc1cc(C(C)C)c(Cc2ccc(/C=C/C(C)(C)C(=O)NC(C)(C)CO)cc2C)cc1[C@@H]1O[C@H](CO)[C@@H](O)[C@H](O)[C@H]1O. The Hall–Kier alpha value is -2.79. The van der Waals surface area contributed by atoms with E-state index in [-0.39, 0.29) is 18.4 Å². The molecule has 2 aromatic rings. The molecule has 1 saturated heterocycles. The smallest absolute Gasteiger partial charge is 0.229 e. The first-order valence-electron chi connectivity index (χ1n) is 14.8. The molecule has 1 aliphatic rings. The molecule has 0 bridgehead atoms. The maximum atomic E-state index is 12.8. The number of hydrogen-bond donors (Lipinski definition) is 6. The number of ether oxygens (including phenoxy) is 2. The van der Waals surface area contributed by atoms with E-state index in [4.69, 9.17) is 9.47 Å². The van der Waals surface area contributed by atoms with Crippen molar-refractivity contribution in [3.05, 3.63) is 69.8 Å². The van der Waals surface area contributed by atoms with Crippen LogP contribution in [0, 0.1) is 12.3 Å². The minimum absolute atomic E-state index is 0.157. The number of methoxy groups -OCH3 is 1. The van der Waals surface area contributed by atoms with Crippen molar-refractivity contribution in [2.45, 2.75) is 96.9 Å². The van der Waals surface area contributed by atoms with Crippen LogP contribution in [0.5, 0.6) is 5.75 Å². The van der Waals surface area contributed by atoms with Crippen LogP contribution in [0.15, 0.2) is 36.4 Å². The van der Waals surface area contributed by atoms with Gasteiger partial charge in [-0.05, 0) is 86.9 Å². The fourth-order valence-corrected chi connectivity index (χ4v) is 5.22. The summed E-state index contributed by atoms with van der Waals surface area (Å²) in [5, 5.41) is 53.6. The largest absolute Gasteiger partial charge is 0.496 e. The maximum Gasteiger partial charge on any atom is 0.229 e. The zero-order valence-corrected chi connectivity index (χ0v) is 26.6. The molecule has 1 amide bonds. The first-order chi connectivity index (χ1) is 20.0. The summed E-state index contributed by atoms with van der Waals surface area (Å²) in [4.78, 5) is 12.8. The van der Waals surface area contributed by atoms with E-state index in [0.717, 1.165) is 27.8 Å². The van der Waals surface area contributed by atoms with Crippen LogP contribution in [0.25, 0.3) is 6.08 Å². The molecule has 5 atom stereocenters. The summed E-state index contributed by atoms with van der Waals surface area (Å²) in [5.41, 5.74) is 4.20. The predicted octanol–water partition coefficient (Wildman–Crippen LogP) is 3.16. The molecule has 0 saturated carbocycles. The van der Waals surface area contributed by atoms with Gasteiger partial charge in [-0.2, -0.15) is 0 Å². The van der Waals surface area contributed by atoms with E-state index in [9.17, 15) is 30.3 Å². The van der Waals surface area contributed by atoms with Crippen LogP contribution < -0.4 is 10.1 Å². The van der Waals surface area contributed by atoms with Crippen LogP contribution in [0.3, 0.4) is 0 Å². The summed E-state index contributed by atoms with van der Waals surface area (Å²) >= 11 is 0. The molecule has 238 valence electrons. The Morgan fingerprint density at radius 1 is 1.02 bits per heavy atom. The van der Waals surface area contributed by atoms with E-state index in [1.54, 1.807) is 13.8 Å². The second-order valence-electron chi connectivity index (χ2n) is 13.1. The number of amides is 1. The van der Waals surface area contributed by atoms with Crippen molar-refractivity contribution in [2.24, 2.45) is 5.41 Å². The van der Waals surface area contributed by atoms with Crippen LogP contribution in [-0.4, -0.2) is 81.7 Å². The first-order valence-corrected chi connectivity index (χ1v) is 14.8. The molecule has 0 spiro atoms. The fraction of sp³-hybridized carbons (Fsp3) is 0.559. The van der Waals surface area contributed by atoms with Gasteiger partial charge < -0.3 is 40.3 Å². The number of aryl methyl sites for hydroxylation is 1. The van der Waals surface area contributed by atoms with Gasteiger partial charge in [-0.1, -0.05) is 44.2 Å². The van der Waals surface area contributed by atoms with Crippen LogP contribution in [0.4, 0.5) is 0 Å². The zero-order chi connectivity index (χ0) is 32.3. The average Bonchev–Trinajstić information content (AvgIpc) is 2.95. The van der Waals surface area contributed by atoms with Gasteiger partial charge in [-0.15, -0.1) is 0 Å². The average molecular weight is 600 g/mol. The number of carbonyl (C=O) groups excluding carboxylic acids is 1. The van der Waals surface area contributed by atoms with E-state index < -0.39 is 48.1 Å². The molecule has 1 fully saturated rings. The molecule has 43 heavy (non-hydrogen) atoms. The van der Waals surface area contributed by atoms with Crippen LogP contribution in [0.1, 0.15) is 86.9 Å². The van der Waals surface area contributed by atoms with Gasteiger partial charge in [0.2, 0.25) is 5.91 Å². The minimum atomic E-state index is -1.49. The van der Waals surface area contributed by atoms with Crippen molar-refractivity contribution in [3.8, 4) is 5.75 Å². The number of rotatable bonds is 11. The normalized spacial score (nSPS) is 23.2. The van der Waals surface area contributed by atoms with E-state index in [1.165, 1.54) is 7.11 Å². The van der Waals surface area contributed by atoms with E-state index >= 15 is 0 Å². The molecule has 6 N–H and O–H groups in total. The summed E-state index contributed by atoms with van der Waals surface area (Å²) < 4.78 is 11.5. The minimum Gasteiger partial charge on any atom is -0.496 e. The third-order valence-electron chi connectivity index (χ3n) is 8.18. The summed E-state index contributed by atoms with van der Waals surface area (Å²) in [6.45, 7) is 12.7. The van der Waals surface area contributed by atoms with Gasteiger partial charge in [0.05, 0.1) is 31.3 Å². The molecule has 9 heteroatoms. The molecule has 0 radical (unpaired) electrons. The van der Waals surface area contributed by atoms with Crippen LogP contribution >= 0.6 is 0 Å². The van der Waals surface area contributed by atoms with E-state index in [2.05, 4.69) is 31.3 Å². The molecule has 0 aromatic heterocycles. The monoisotopic (exact) mass is 599 g/mol. The van der Waals surface area contributed by atoms with Gasteiger partial charge in [0.15, 0.2) is 0 Å². The molecule has 1 heterocycles. The summed E-state index contributed by atoms with van der Waals surface area (Å²) in [7, 11) is 1.53. The number of benzene rings is 2. The van der Waals surface area contributed by atoms with Crippen LogP contribution in [0.2, 0.25) is 0 Å². The highest BCUT2D eigenvalue weighted by molar-refractivity contribution is 5.85. The van der Waals surface area contributed by atoms with Gasteiger partial charge in [-0.3, -0.25) is 4.79 Å². The maximum absolute atomic E-state index is 12.8. The standard InChI is InChI=1S/C34H49NO8/c1-19(2)24-16-26(42-8)25(31-30(40)29(39)28(38)27(17-36)43-31)15-23(24)14-22-10-9-21(13-20(22)3)11-12-33(4,5)32(41)35-34(6,7)18-37/h9-13,15-16,19,27-31,36-40H,14,17-18H2,1-8H3,(H,35,41)/b12-11+/t27-,28-,29+,30-,31+/m1/s1. The van der Waals surface area contributed by atoms with Crippen molar-refractivity contribution in [2.75, 3.05) is 20.3 Å². The van der Waals surface area contributed by atoms with Crippen molar-refractivity contribution < 1.29 is 39.8 Å². The Morgan fingerprint density at radius 2 is 1.70 bits per heavy atom. The second kappa shape index (κ2) is 13.9. The Labute approximate surface area is 255 Å². The van der Waals surface area contributed by atoms with Gasteiger partial charge in [0.25, 0.3) is 0 Å². The molecule has 0 aliphatic carbocycles. The van der Waals surface area contributed by atoms with Gasteiger partial charge >= 0.3 is 0 Å². The quantitative estimate of drug-likeness (QED) is 0.231. The Kier molecular flexibility index (Phi) is 11.2. The Balaban J connectivity index is 1.93. The third-order valence-corrected chi connectivity index (χ3v) is 8.18. The number of nitrogens with one attached hydrogen (secondary N) is 1. The number of aliphatic hydroxyl groups excluding tert-OH is 5. The number of carbonyl (C=O) groups is 1. The van der Waals surface area contributed by atoms with Crippen molar-refractivity contribution in [1.82, 2.24) is 5.32 Å². The highest BCUT2D eigenvalue weighted by Gasteiger charge is 2.45. The van der Waals surface area contributed by atoms with Gasteiger partial charge in [-0.25, -0.2) is 0 Å². The molecule has 3 rings (SSSR count). The Bertz CT molecular complexity index is 1300. The lowest BCUT2D eigenvalue weighted by atomic mass is 9.85. The lowest BCUT2D eigenvalue weighted by Gasteiger charge is -2.40. The molecular weight excluding hydrogens is 550 g/mol. The molecular formula is C34H49NO8. The molecule has 9 nitrogen and oxygen atoms in total. The van der Waals surface area contributed by atoms with Crippen molar-refractivity contribution in [3.63, 3.8) is 0 Å². The zero-order valence-electron chi connectivity index (χ0n) is 26.6. The van der Waals surface area contributed by atoms with E-state index in [0.29, 0.717) is 17.7 Å². The van der Waals surface area contributed by atoms with Crippen molar-refractivity contribution in [1.29, 1.82) is 0 Å². The van der Waals surface area contributed by atoms with Crippen LogP contribution in [-0.2, 0) is 16.0 Å². The van der Waals surface area contributed by atoms with Crippen molar-refractivity contribution >= 4 is 12.0 Å². The van der Waals surface area contributed by atoms with Gasteiger partial charge in [0, 0.05) is 5.56 Å². The topological polar surface area (TPSA) is 149 Å². The lowest BCUT2D eigenvalue weighted by molar-refractivity contribution is -0.232. The Morgan fingerprint density at radius 3 is 2.26 bits per heavy atom. The molecule has 1 aliphatic heterocycles. The lowest BCUT2D eigenvalue weighted by Crippen LogP contribution is -2.55. The fourth-order valence-electron chi connectivity index (χ4n) is 5.22. The van der Waals surface area contributed by atoms with E-state index in [1.807, 2.05) is 51.1 Å².